The van der Waals surface area contributed by atoms with E-state index >= 15 is 0 Å². The van der Waals surface area contributed by atoms with Crippen molar-refractivity contribution in [2.75, 3.05) is 0 Å². The summed E-state index contributed by atoms with van der Waals surface area (Å²) < 4.78 is 0. The molecule has 1 unspecified atom stereocenters. The fraction of sp³-hybridized carbons (Fsp3) is 0.250. The topological polar surface area (TPSA) is 38.9 Å². The molecule has 0 saturated heterocycles. The third-order valence-electron chi connectivity index (χ3n) is 2.50. The van der Waals surface area contributed by atoms with Gasteiger partial charge in [0.1, 0.15) is 0 Å². The lowest BCUT2D eigenvalue weighted by Gasteiger charge is -2.13. The van der Waals surface area contributed by atoms with Crippen molar-refractivity contribution in [2.24, 2.45) is 5.73 Å². The number of nitrogens with two attached hydrogens (primary N) is 1. The third-order valence-corrected chi connectivity index (χ3v) is 3.23. The van der Waals surface area contributed by atoms with Crippen LogP contribution in [-0.2, 0) is 6.42 Å². The lowest BCUT2D eigenvalue weighted by atomic mass is 9.99. The van der Waals surface area contributed by atoms with Crippen LogP contribution >= 0.6 is 11.3 Å². The molecule has 0 spiro atoms. The Morgan fingerprint density at radius 2 is 2.33 bits per heavy atom. The molecule has 2 nitrogen and oxygen atoms in total. The van der Waals surface area contributed by atoms with Crippen LogP contribution in [0, 0.1) is 6.92 Å². The van der Waals surface area contributed by atoms with Crippen LogP contribution in [0.25, 0.3) is 0 Å². The quantitative estimate of drug-likeness (QED) is 0.860. The molecule has 3 heteroatoms. The summed E-state index contributed by atoms with van der Waals surface area (Å²) in [6, 6.07) is 4.20. The highest BCUT2D eigenvalue weighted by molar-refractivity contribution is 7.07. The molecule has 0 aliphatic rings. The predicted molar refractivity (Wildman–Crippen MR) is 63.9 cm³/mol. The molecule has 2 aromatic heterocycles. The number of hydrogen-bond donors (Lipinski definition) is 1. The second-order valence-electron chi connectivity index (χ2n) is 3.67. The van der Waals surface area contributed by atoms with Gasteiger partial charge in [-0.05, 0) is 52.9 Å². The Morgan fingerprint density at radius 1 is 1.47 bits per heavy atom. The van der Waals surface area contributed by atoms with E-state index < -0.39 is 0 Å². The molecule has 0 radical (unpaired) electrons. The fourth-order valence-electron chi connectivity index (χ4n) is 1.67. The second kappa shape index (κ2) is 4.55. The first-order chi connectivity index (χ1) is 7.27. The number of pyridine rings is 1. The normalized spacial score (nSPS) is 12.7. The Bertz CT molecular complexity index is 423. The maximum absolute atomic E-state index is 6.16. The van der Waals surface area contributed by atoms with Crippen LogP contribution in [0.5, 0.6) is 0 Å². The van der Waals surface area contributed by atoms with Gasteiger partial charge >= 0.3 is 0 Å². The minimum atomic E-state index is 0.0719. The van der Waals surface area contributed by atoms with E-state index in [0.717, 1.165) is 6.42 Å². The summed E-state index contributed by atoms with van der Waals surface area (Å²) in [5.41, 5.74) is 9.83. The lowest BCUT2D eigenvalue weighted by molar-refractivity contribution is 0.716. The first-order valence-corrected chi connectivity index (χ1v) is 5.89. The number of aryl methyl sites for hydroxylation is 1. The Kier molecular flexibility index (Phi) is 3.14. The van der Waals surface area contributed by atoms with Crippen LogP contribution in [0.4, 0.5) is 0 Å². The van der Waals surface area contributed by atoms with Gasteiger partial charge in [0.25, 0.3) is 0 Å². The van der Waals surface area contributed by atoms with E-state index in [2.05, 4.69) is 28.7 Å². The van der Waals surface area contributed by atoms with Crippen LogP contribution in [-0.4, -0.2) is 4.98 Å². The van der Waals surface area contributed by atoms with E-state index in [9.17, 15) is 0 Å². The van der Waals surface area contributed by atoms with Crippen molar-refractivity contribution in [2.45, 2.75) is 19.4 Å². The van der Waals surface area contributed by atoms with Gasteiger partial charge in [0.2, 0.25) is 0 Å². The lowest BCUT2D eigenvalue weighted by Crippen LogP contribution is -2.14. The number of nitrogens with zero attached hydrogens (tertiary/aromatic N) is 1. The monoisotopic (exact) mass is 218 g/mol. The Balaban J connectivity index is 2.15. The summed E-state index contributed by atoms with van der Waals surface area (Å²) in [4.78, 5) is 4.07. The van der Waals surface area contributed by atoms with Crippen LogP contribution in [0.15, 0.2) is 35.3 Å². The molecule has 2 rings (SSSR count). The van der Waals surface area contributed by atoms with Gasteiger partial charge in [0.15, 0.2) is 0 Å². The average molecular weight is 218 g/mol. The summed E-state index contributed by atoms with van der Waals surface area (Å²) in [5, 5.41) is 4.23. The van der Waals surface area contributed by atoms with Gasteiger partial charge < -0.3 is 5.73 Å². The van der Waals surface area contributed by atoms with Crippen molar-refractivity contribution in [1.82, 2.24) is 4.98 Å². The van der Waals surface area contributed by atoms with Gasteiger partial charge in [-0.3, -0.25) is 4.98 Å². The molecule has 15 heavy (non-hydrogen) atoms. The highest BCUT2D eigenvalue weighted by Crippen LogP contribution is 2.19. The van der Waals surface area contributed by atoms with Gasteiger partial charge in [-0.2, -0.15) is 11.3 Å². The summed E-state index contributed by atoms with van der Waals surface area (Å²) in [7, 11) is 0. The van der Waals surface area contributed by atoms with E-state index in [1.165, 1.54) is 16.7 Å². The fourth-order valence-corrected chi connectivity index (χ4v) is 2.35. The van der Waals surface area contributed by atoms with E-state index in [-0.39, 0.29) is 6.04 Å². The number of aromatic nitrogens is 1. The number of rotatable bonds is 3. The van der Waals surface area contributed by atoms with Gasteiger partial charge in [0, 0.05) is 18.4 Å². The molecule has 0 amide bonds. The minimum absolute atomic E-state index is 0.0719. The molecular weight excluding hydrogens is 204 g/mol. The third kappa shape index (κ3) is 2.43. The first-order valence-electron chi connectivity index (χ1n) is 4.94. The van der Waals surface area contributed by atoms with Crippen LogP contribution < -0.4 is 5.73 Å². The van der Waals surface area contributed by atoms with Gasteiger partial charge in [0.05, 0.1) is 0 Å². The van der Waals surface area contributed by atoms with Crippen molar-refractivity contribution in [1.29, 1.82) is 0 Å². The first kappa shape index (κ1) is 10.3. The number of hydrogen-bond acceptors (Lipinski definition) is 3. The molecular formula is C12H14N2S. The average Bonchev–Trinajstić information content (AvgIpc) is 2.71. The van der Waals surface area contributed by atoms with Crippen LogP contribution in [0.3, 0.4) is 0 Å². The van der Waals surface area contributed by atoms with Crippen LogP contribution in [0.1, 0.15) is 22.7 Å². The summed E-state index contributed by atoms with van der Waals surface area (Å²) in [6.45, 7) is 2.05. The molecule has 0 aliphatic heterocycles. The predicted octanol–water partition coefficient (Wildman–Crippen LogP) is 2.69. The number of thiophene rings is 1. The Morgan fingerprint density at radius 3 is 3.00 bits per heavy atom. The standard InChI is InChI=1S/C12H14N2S/c1-9-7-14-4-2-11(9)12(13)6-10-3-5-15-8-10/h2-5,7-8,12H,6,13H2,1H3. The molecule has 1 atom stereocenters. The largest absolute Gasteiger partial charge is 0.324 e. The zero-order valence-electron chi connectivity index (χ0n) is 8.68. The molecule has 0 fully saturated rings. The Labute approximate surface area is 93.8 Å². The second-order valence-corrected chi connectivity index (χ2v) is 4.45. The van der Waals surface area contributed by atoms with E-state index in [1.54, 1.807) is 17.5 Å². The maximum Gasteiger partial charge on any atom is 0.0339 e. The SMILES string of the molecule is Cc1cnccc1C(N)Cc1ccsc1. The van der Waals surface area contributed by atoms with Gasteiger partial charge in [-0.15, -0.1) is 0 Å². The van der Waals surface area contributed by atoms with Crippen molar-refractivity contribution in [3.8, 4) is 0 Å². The molecule has 2 heterocycles. The highest BCUT2D eigenvalue weighted by atomic mass is 32.1. The molecule has 0 bridgehead atoms. The van der Waals surface area contributed by atoms with E-state index in [4.69, 9.17) is 5.73 Å². The molecule has 78 valence electrons. The zero-order valence-corrected chi connectivity index (χ0v) is 9.50. The highest BCUT2D eigenvalue weighted by Gasteiger charge is 2.09. The van der Waals surface area contributed by atoms with Crippen LogP contribution in [0.2, 0.25) is 0 Å². The van der Waals surface area contributed by atoms with Crippen molar-refractivity contribution < 1.29 is 0 Å². The summed E-state index contributed by atoms with van der Waals surface area (Å²) in [5.74, 6) is 0. The minimum Gasteiger partial charge on any atom is -0.324 e. The molecule has 0 saturated carbocycles. The van der Waals surface area contributed by atoms with Gasteiger partial charge in [-0.25, -0.2) is 0 Å². The molecule has 0 aliphatic carbocycles. The van der Waals surface area contributed by atoms with Gasteiger partial charge in [-0.1, -0.05) is 0 Å². The zero-order chi connectivity index (χ0) is 10.7. The molecule has 0 aromatic carbocycles. The van der Waals surface area contributed by atoms with E-state index in [1.807, 2.05) is 12.3 Å². The Hall–Kier alpha value is -1.19. The smallest absolute Gasteiger partial charge is 0.0339 e. The van der Waals surface area contributed by atoms with Crippen molar-refractivity contribution in [3.05, 3.63) is 52.0 Å². The summed E-state index contributed by atoms with van der Waals surface area (Å²) >= 11 is 1.71. The molecule has 2 N–H and O–H groups in total. The van der Waals surface area contributed by atoms with Crippen molar-refractivity contribution in [3.63, 3.8) is 0 Å². The van der Waals surface area contributed by atoms with E-state index in [0.29, 0.717) is 0 Å². The van der Waals surface area contributed by atoms with Crippen molar-refractivity contribution >= 4 is 11.3 Å². The maximum atomic E-state index is 6.16. The summed E-state index contributed by atoms with van der Waals surface area (Å²) in [6.07, 6.45) is 4.56. The molecule has 2 aromatic rings.